The molecule has 0 fully saturated rings. The maximum absolute atomic E-state index is 3.43. The molecule has 0 unspecified atom stereocenters. The molecule has 1 aliphatic heterocycles. The predicted octanol–water partition coefficient (Wildman–Crippen LogP) is 4.51. The van der Waals surface area contributed by atoms with Crippen molar-refractivity contribution in [3.8, 4) is 11.8 Å². The first-order chi connectivity index (χ1) is 8.92. The van der Waals surface area contributed by atoms with Gasteiger partial charge in [-0.25, -0.2) is 0 Å². The van der Waals surface area contributed by atoms with Crippen molar-refractivity contribution in [2.24, 2.45) is 0 Å². The van der Waals surface area contributed by atoms with Crippen LogP contribution < -0.4 is 0 Å². The molecule has 1 aromatic rings. The molecule has 0 saturated heterocycles. The van der Waals surface area contributed by atoms with Crippen LogP contribution >= 0.6 is 0 Å². The first-order valence-electron chi connectivity index (χ1n) is 6.82. The molecule has 0 aliphatic carbocycles. The fourth-order valence-corrected chi connectivity index (χ4v) is 4.45. The Morgan fingerprint density at radius 1 is 1.17 bits per heavy atom. The van der Waals surface area contributed by atoms with Gasteiger partial charge in [0.1, 0.15) is 0 Å². The van der Waals surface area contributed by atoms with Crippen LogP contribution in [0.2, 0.25) is 5.32 Å². The van der Waals surface area contributed by atoms with Crippen LogP contribution in [0.1, 0.15) is 44.6 Å². The van der Waals surface area contributed by atoms with Crippen LogP contribution in [-0.2, 0) is 0 Å². The molecule has 1 heterocycles. The zero-order valence-corrected chi connectivity index (χ0v) is 12.8. The molecular weight excluding hydrogens is 283 g/mol. The molecule has 0 N–H and O–H groups in total. The monoisotopic (exact) mass is 304 g/mol. The van der Waals surface area contributed by atoms with E-state index in [1.165, 1.54) is 42.1 Å². The molecular formula is C17H20Se. The summed E-state index contributed by atoms with van der Waals surface area (Å²) < 4.78 is 1.55. The molecule has 1 aromatic carbocycles. The van der Waals surface area contributed by atoms with E-state index in [4.69, 9.17) is 0 Å². The fourth-order valence-electron chi connectivity index (χ4n) is 2.05. The molecule has 94 valence electrons. The molecule has 0 saturated carbocycles. The van der Waals surface area contributed by atoms with Crippen LogP contribution in [0.15, 0.2) is 35.9 Å². The van der Waals surface area contributed by atoms with E-state index < -0.39 is 0 Å². The van der Waals surface area contributed by atoms with E-state index in [-0.39, 0.29) is 0 Å². The number of unbranched alkanes of at least 4 members (excludes halogenated alkanes) is 3. The van der Waals surface area contributed by atoms with Crippen LogP contribution in [0.25, 0.3) is 4.47 Å². The summed E-state index contributed by atoms with van der Waals surface area (Å²) in [5.41, 5.74) is 2.81. The first kappa shape index (κ1) is 13.5. The number of hydrogen-bond donors (Lipinski definition) is 0. The van der Waals surface area contributed by atoms with E-state index in [9.17, 15) is 0 Å². The third-order valence-electron chi connectivity index (χ3n) is 3.05. The molecule has 1 heteroatoms. The van der Waals surface area contributed by atoms with Gasteiger partial charge in [-0.2, -0.15) is 0 Å². The zero-order valence-electron chi connectivity index (χ0n) is 11.0. The average Bonchev–Trinajstić information content (AvgIpc) is 2.88. The molecule has 0 spiro atoms. The Bertz CT molecular complexity index is 459. The van der Waals surface area contributed by atoms with Gasteiger partial charge in [0, 0.05) is 0 Å². The molecule has 0 atom stereocenters. The number of allylic oxidation sites excluding steroid dienone is 1. The Morgan fingerprint density at radius 2 is 2.00 bits per heavy atom. The Balaban J connectivity index is 2.05. The van der Waals surface area contributed by atoms with Gasteiger partial charge in [-0.3, -0.25) is 0 Å². The molecule has 18 heavy (non-hydrogen) atoms. The third kappa shape index (κ3) is 3.77. The van der Waals surface area contributed by atoms with Crippen LogP contribution in [0.4, 0.5) is 0 Å². The second-order valence-corrected chi connectivity index (χ2v) is 6.85. The maximum atomic E-state index is 3.43. The SMILES string of the molecule is CCCCCC#CC1=C(c2ccccc2)[Se]CC1. The van der Waals surface area contributed by atoms with Crippen molar-refractivity contribution in [2.45, 2.75) is 44.3 Å². The molecule has 1 aliphatic rings. The molecule has 2 rings (SSSR count). The first-order valence-corrected chi connectivity index (χ1v) is 8.89. The van der Waals surface area contributed by atoms with E-state index in [1.54, 1.807) is 4.47 Å². The predicted molar refractivity (Wildman–Crippen MR) is 80.5 cm³/mol. The van der Waals surface area contributed by atoms with Gasteiger partial charge in [-0.1, -0.05) is 0 Å². The summed E-state index contributed by atoms with van der Waals surface area (Å²) in [6.45, 7) is 2.24. The van der Waals surface area contributed by atoms with Gasteiger partial charge in [0.15, 0.2) is 0 Å². The summed E-state index contributed by atoms with van der Waals surface area (Å²) in [7, 11) is 0. The zero-order chi connectivity index (χ0) is 12.6. The Labute approximate surface area is 117 Å². The number of rotatable bonds is 4. The second-order valence-electron chi connectivity index (χ2n) is 4.53. The quantitative estimate of drug-likeness (QED) is 0.436. The minimum atomic E-state index is 0.634. The second kappa shape index (κ2) is 7.47. The van der Waals surface area contributed by atoms with Crippen molar-refractivity contribution in [1.29, 1.82) is 0 Å². The number of hydrogen-bond acceptors (Lipinski definition) is 0. The summed E-state index contributed by atoms with van der Waals surface area (Å²) in [6.07, 6.45) is 6.10. The number of benzene rings is 1. The van der Waals surface area contributed by atoms with Gasteiger partial charge in [-0.05, 0) is 0 Å². The van der Waals surface area contributed by atoms with Crippen molar-refractivity contribution in [3.63, 3.8) is 0 Å². The van der Waals surface area contributed by atoms with Gasteiger partial charge in [0.05, 0.1) is 0 Å². The van der Waals surface area contributed by atoms with Crippen molar-refractivity contribution in [3.05, 3.63) is 41.5 Å². The van der Waals surface area contributed by atoms with E-state index in [2.05, 4.69) is 49.1 Å². The molecule has 0 radical (unpaired) electrons. The normalized spacial score (nSPS) is 14.5. The van der Waals surface area contributed by atoms with Gasteiger partial charge >= 0.3 is 117 Å². The van der Waals surface area contributed by atoms with Crippen LogP contribution in [0.5, 0.6) is 0 Å². The topological polar surface area (TPSA) is 0 Å². The van der Waals surface area contributed by atoms with Crippen LogP contribution in [0, 0.1) is 11.8 Å². The van der Waals surface area contributed by atoms with Gasteiger partial charge in [0.25, 0.3) is 0 Å². The van der Waals surface area contributed by atoms with E-state index >= 15 is 0 Å². The summed E-state index contributed by atoms with van der Waals surface area (Å²) >= 11 is 0.634. The van der Waals surface area contributed by atoms with Crippen molar-refractivity contribution >= 4 is 19.4 Å². The van der Waals surface area contributed by atoms with Gasteiger partial charge < -0.3 is 0 Å². The summed E-state index contributed by atoms with van der Waals surface area (Å²) in [6, 6.07) is 10.8. The third-order valence-corrected chi connectivity index (χ3v) is 5.53. The summed E-state index contributed by atoms with van der Waals surface area (Å²) in [5, 5.41) is 1.33. The molecule has 0 amide bonds. The molecule has 0 aromatic heterocycles. The van der Waals surface area contributed by atoms with Gasteiger partial charge in [-0.15, -0.1) is 0 Å². The molecule has 0 nitrogen and oxygen atoms in total. The van der Waals surface area contributed by atoms with Crippen molar-refractivity contribution < 1.29 is 0 Å². The van der Waals surface area contributed by atoms with Crippen molar-refractivity contribution in [1.82, 2.24) is 0 Å². The average molecular weight is 303 g/mol. The Kier molecular flexibility index (Phi) is 5.59. The minimum absolute atomic E-state index is 0.634. The van der Waals surface area contributed by atoms with Crippen LogP contribution in [-0.4, -0.2) is 15.0 Å². The van der Waals surface area contributed by atoms with Crippen molar-refractivity contribution in [2.75, 3.05) is 0 Å². The Hall–Kier alpha value is -0.961. The Morgan fingerprint density at radius 3 is 2.78 bits per heavy atom. The van der Waals surface area contributed by atoms with E-state index in [0.29, 0.717) is 15.0 Å². The van der Waals surface area contributed by atoms with Gasteiger partial charge in [0.2, 0.25) is 0 Å². The van der Waals surface area contributed by atoms with E-state index in [0.717, 1.165) is 6.42 Å². The summed E-state index contributed by atoms with van der Waals surface area (Å²) in [5.74, 6) is 6.80. The molecule has 0 bridgehead atoms. The standard InChI is InChI=1S/C17H20Se/c1-2-3-4-5-7-12-16-13-14-18-17(16)15-10-8-6-9-11-15/h6,8-11H,2-5,13-14H2,1H3. The van der Waals surface area contributed by atoms with Crippen LogP contribution in [0.3, 0.4) is 0 Å². The summed E-state index contributed by atoms with van der Waals surface area (Å²) in [4.78, 5) is 0. The fraction of sp³-hybridized carbons (Fsp3) is 0.412. The van der Waals surface area contributed by atoms with E-state index in [1.807, 2.05) is 0 Å².